The zero-order chi connectivity index (χ0) is 17.3. The van der Waals surface area contributed by atoms with E-state index in [0.717, 1.165) is 31.2 Å². The third kappa shape index (κ3) is 3.02. The van der Waals surface area contributed by atoms with Crippen molar-refractivity contribution in [3.63, 3.8) is 0 Å². The van der Waals surface area contributed by atoms with Crippen LogP contribution in [0.1, 0.15) is 44.1 Å². The summed E-state index contributed by atoms with van der Waals surface area (Å²) in [5, 5.41) is 10.9. The van der Waals surface area contributed by atoms with E-state index in [1.54, 1.807) is 12.1 Å². The van der Waals surface area contributed by atoms with Gasteiger partial charge in [0.05, 0.1) is 17.4 Å². The number of carbonyl (C=O) groups excluding carboxylic acids is 1. The number of carbonyl (C=O) groups is 1. The van der Waals surface area contributed by atoms with Crippen LogP contribution in [0.2, 0.25) is 0 Å². The van der Waals surface area contributed by atoms with E-state index in [4.69, 9.17) is 4.74 Å². The molecular formula is C18H24N2O4. The number of nitrogens with zero attached hydrogens (tertiary/aromatic N) is 2. The van der Waals surface area contributed by atoms with E-state index in [1.165, 1.54) is 12.1 Å². The molecule has 2 aliphatic rings. The molecule has 6 nitrogen and oxygen atoms in total. The fourth-order valence-corrected chi connectivity index (χ4v) is 4.27. The van der Waals surface area contributed by atoms with Crippen molar-refractivity contribution in [3.8, 4) is 0 Å². The van der Waals surface area contributed by atoms with Crippen molar-refractivity contribution in [2.45, 2.75) is 50.6 Å². The van der Waals surface area contributed by atoms with Crippen LogP contribution in [0.15, 0.2) is 24.3 Å². The lowest BCUT2D eigenvalue weighted by Crippen LogP contribution is -2.49. The molecule has 2 saturated heterocycles. The van der Waals surface area contributed by atoms with Crippen LogP contribution in [0.4, 0.5) is 5.69 Å². The van der Waals surface area contributed by atoms with Gasteiger partial charge in [-0.15, -0.1) is 0 Å². The molecule has 2 aliphatic heterocycles. The van der Waals surface area contributed by atoms with Gasteiger partial charge in [0.1, 0.15) is 0 Å². The molecule has 0 N–H and O–H groups in total. The molecule has 24 heavy (non-hydrogen) atoms. The summed E-state index contributed by atoms with van der Waals surface area (Å²) >= 11 is 0. The SMILES string of the molecule is CCCOC(=O)C1C(c2ccc([N+](=O)[O-])cc2)CC2CCC1N2C. The molecule has 0 aliphatic carbocycles. The minimum atomic E-state index is -0.394. The smallest absolute Gasteiger partial charge is 0.311 e. The Labute approximate surface area is 141 Å². The number of hydrogen-bond acceptors (Lipinski definition) is 5. The number of ether oxygens (including phenoxy) is 1. The number of nitro groups is 1. The summed E-state index contributed by atoms with van der Waals surface area (Å²) in [5.74, 6) is -0.247. The first-order valence-electron chi connectivity index (χ1n) is 8.65. The Morgan fingerprint density at radius 3 is 2.67 bits per heavy atom. The van der Waals surface area contributed by atoms with E-state index in [-0.39, 0.29) is 29.5 Å². The molecule has 2 heterocycles. The number of esters is 1. The topological polar surface area (TPSA) is 72.7 Å². The molecule has 0 spiro atoms. The van der Waals surface area contributed by atoms with Gasteiger partial charge in [-0.05, 0) is 38.3 Å². The third-order valence-electron chi connectivity index (χ3n) is 5.52. The first-order chi connectivity index (χ1) is 11.5. The van der Waals surface area contributed by atoms with Crippen LogP contribution in [0.3, 0.4) is 0 Å². The van der Waals surface area contributed by atoms with Gasteiger partial charge in [0.15, 0.2) is 0 Å². The second-order valence-electron chi connectivity index (χ2n) is 6.85. The fraction of sp³-hybridized carbons (Fsp3) is 0.611. The van der Waals surface area contributed by atoms with Crippen molar-refractivity contribution in [1.29, 1.82) is 0 Å². The molecule has 1 aromatic rings. The number of rotatable bonds is 5. The molecule has 0 radical (unpaired) electrons. The van der Waals surface area contributed by atoms with Gasteiger partial charge in [0, 0.05) is 30.1 Å². The molecule has 0 saturated carbocycles. The summed E-state index contributed by atoms with van der Waals surface area (Å²) in [4.78, 5) is 25.5. The van der Waals surface area contributed by atoms with Crippen molar-refractivity contribution in [3.05, 3.63) is 39.9 Å². The molecule has 0 aromatic heterocycles. The predicted molar refractivity (Wildman–Crippen MR) is 89.8 cm³/mol. The molecule has 1 aromatic carbocycles. The third-order valence-corrected chi connectivity index (χ3v) is 5.52. The molecular weight excluding hydrogens is 308 g/mol. The molecule has 2 bridgehead atoms. The number of piperidine rings is 1. The Bertz CT molecular complexity index is 616. The second kappa shape index (κ2) is 6.89. The quantitative estimate of drug-likeness (QED) is 0.470. The summed E-state index contributed by atoms with van der Waals surface area (Å²) in [6, 6.07) is 7.34. The van der Waals surface area contributed by atoms with Crippen molar-refractivity contribution in [2.75, 3.05) is 13.7 Å². The maximum Gasteiger partial charge on any atom is 0.311 e. The fourth-order valence-electron chi connectivity index (χ4n) is 4.27. The van der Waals surface area contributed by atoms with Crippen LogP contribution in [-0.4, -0.2) is 41.5 Å². The van der Waals surface area contributed by atoms with Gasteiger partial charge in [-0.3, -0.25) is 19.8 Å². The molecule has 130 valence electrons. The Balaban J connectivity index is 1.88. The summed E-state index contributed by atoms with van der Waals surface area (Å²) in [5.41, 5.74) is 1.09. The van der Waals surface area contributed by atoms with E-state index in [0.29, 0.717) is 12.6 Å². The number of non-ortho nitro benzene ring substituents is 1. The van der Waals surface area contributed by atoms with Crippen LogP contribution in [0.5, 0.6) is 0 Å². The molecule has 4 atom stereocenters. The number of fused-ring (bicyclic) bond motifs is 2. The van der Waals surface area contributed by atoms with Crippen molar-refractivity contribution < 1.29 is 14.5 Å². The van der Waals surface area contributed by atoms with Crippen molar-refractivity contribution in [1.82, 2.24) is 4.90 Å². The summed E-state index contributed by atoms with van der Waals surface area (Å²) in [6.45, 7) is 2.43. The van der Waals surface area contributed by atoms with Gasteiger partial charge >= 0.3 is 5.97 Å². The minimum Gasteiger partial charge on any atom is -0.465 e. The maximum atomic E-state index is 12.7. The molecule has 3 rings (SSSR count). The van der Waals surface area contributed by atoms with Gasteiger partial charge in [0.2, 0.25) is 0 Å². The Hall–Kier alpha value is -1.95. The Morgan fingerprint density at radius 1 is 1.33 bits per heavy atom. The van der Waals surface area contributed by atoms with Crippen LogP contribution < -0.4 is 0 Å². The normalized spacial score (nSPS) is 29.4. The Morgan fingerprint density at radius 2 is 2.04 bits per heavy atom. The average molecular weight is 332 g/mol. The average Bonchev–Trinajstić information content (AvgIpc) is 2.82. The van der Waals surface area contributed by atoms with Crippen LogP contribution in [-0.2, 0) is 9.53 Å². The van der Waals surface area contributed by atoms with E-state index in [1.807, 2.05) is 6.92 Å². The number of benzene rings is 1. The van der Waals surface area contributed by atoms with Crippen LogP contribution in [0.25, 0.3) is 0 Å². The lowest BCUT2D eigenvalue weighted by Gasteiger charge is -2.41. The molecule has 0 amide bonds. The van der Waals surface area contributed by atoms with Gasteiger partial charge in [-0.1, -0.05) is 19.1 Å². The lowest BCUT2D eigenvalue weighted by molar-refractivity contribution is -0.384. The zero-order valence-electron chi connectivity index (χ0n) is 14.2. The molecule has 4 unspecified atom stereocenters. The van der Waals surface area contributed by atoms with Crippen LogP contribution in [0, 0.1) is 16.0 Å². The van der Waals surface area contributed by atoms with Gasteiger partial charge < -0.3 is 4.74 Å². The second-order valence-corrected chi connectivity index (χ2v) is 6.85. The van der Waals surface area contributed by atoms with Crippen LogP contribution >= 0.6 is 0 Å². The van der Waals surface area contributed by atoms with Gasteiger partial charge in [-0.2, -0.15) is 0 Å². The predicted octanol–water partition coefficient (Wildman–Crippen LogP) is 3.11. The van der Waals surface area contributed by atoms with E-state index in [9.17, 15) is 14.9 Å². The molecule has 6 heteroatoms. The highest BCUT2D eigenvalue weighted by molar-refractivity contribution is 5.75. The zero-order valence-corrected chi connectivity index (χ0v) is 14.2. The summed E-state index contributed by atoms with van der Waals surface area (Å²) in [6.07, 6.45) is 3.82. The van der Waals surface area contributed by atoms with Gasteiger partial charge in [-0.25, -0.2) is 0 Å². The van der Waals surface area contributed by atoms with Gasteiger partial charge in [0.25, 0.3) is 5.69 Å². The Kier molecular flexibility index (Phi) is 4.85. The number of hydrogen-bond donors (Lipinski definition) is 0. The first kappa shape index (κ1) is 16.9. The minimum absolute atomic E-state index is 0.0730. The first-order valence-corrected chi connectivity index (χ1v) is 8.65. The highest BCUT2D eigenvalue weighted by Gasteiger charge is 2.49. The number of nitro benzene ring substituents is 1. The van der Waals surface area contributed by atoms with E-state index < -0.39 is 4.92 Å². The monoisotopic (exact) mass is 332 g/mol. The van der Waals surface area contributed by atoms with E-state index in [2.05, 4.69) is 11.9 Å². The van der Waals surface area contributed by atoms with Crippen molar-refractivity contribution in [2.24, 2.45) is 5.92 Å². The summed E-state index contributed by atoms with van der Waals surface area (Å²) < 4.78 is 5.47. The van der Waals surface area contributed by atoms with E-state index >= 15 is 0 Å². The standard InChI is InChI=1S/C18H24N2O4/c1-3-10-24-18(21)17-15(11-14-8-9-16(17)19(14)2)12-4-6-13(7-5-12)20(22)23/h4-7,14-17H,3,8-11H2,1-2H3. The summed E-state index contributed by atoms with van der Waals surface area (Å²) in [7, 11) is 2.09. The molecule has 2 fully saturated rings. The highest BCUT2D eigenvalue weighted by atomic mass is 16.6. The van der Waals surface area contributed by atoms with Crippen molar-refractivity contribution >= 4 is 11.7 Å². The lowest BCUT2D eigenvalue weighted by atomic mass is 9.76. The maximum absolute atomic E-state index is 12.7. The largest absolute Gasteiger partial charge is 0.465 e. The highest BCUT2D eigenvalue weighted by Crippen LogP contribution is 2.46.